The van der Waals surface area contributed by atoms with Gasteiger partial charge in [-0.15, -0.1) is 0 Å². The van der Waals surface area contributed by atoms with Crippen molar-refractivity contribution >= 4 is 5.97 Å². The number of aromatic nitrogens is 2. The van der Waals surface area contributed by atoms with Gasteiger partial charge in [0, 0.05) is 13.2 Å². The highest BCUT2D eigenvalue weighted by Crippen LogP contribution is 2.31. The van der Waals surface area contributed by atoms with E-state index < -0.39 is 35.0 Å². The van der Waals surface area contributed by atoms with Crippen molar-refractivity contribution in [1.29, 1.82) is 0 Å². The molecule has 2 aromatic rings. The summed E-state index contributed by atoms with van der Waals surface area (Å²) in [6, 6.07) is 4.91. The minimum absolute atomic E-state index is 0.450. The van der Waals surface area contributed by atoms with E-state index in [1.807, 2.05) is 0 Å². The smallest absolute Gasteiger partial charge is 0.420 e. The quantitative estimate of drug-likeness (QED) is 0.485. The maximum absolute atomic E-state index is 13.3. The predicted octanol–water partition coefficient (Wildman–Crippen LogP) is 2.80. The summed E-state index contributed by atoms with van der Waals surface area (Å²) in [5.41, 5.74) is -2.15. The van der Waals surface area contributed by atoms with Crippen LogP contribution in [0.15, 0.2) is 30.5 Å². The van der Waals surface area contributed by atoms with Crippen molar-refractivity contribution in [1.82, 2.24) is 9.78 Å². The van der Waals surface area contributed by atoms with Gasteiger partial charge in [-0.2, -0.15) is 18.3 Å². The van der Waals surface area contributed by atoms with Gasteiger partial charge < -0.3 is 4.74 Å². The normalized spacial score (nSPS) is 11.4. The maximum atomic E-state index is 13.3. The zero-order valence-electron chi connectivity index (χ0n) is 10.1. The molecule has 1 heterocycles. The number of alkyl halides is 3. The van der Waals surface area contributed by atoms with Gasteiger partial charge in [0.25, 0.3) is 0 Å². The third kappa shape index (κ3) is 2.79. The first-order valence-corrected chi connectivity index (χ1v) is 5.36. The van der Waals surface area contributed by atoms with E-state index in [2.05, 4.69) is 9.84 Å². The van der Waals surface area contributed by atoms with E-state index in [4.69, 9.17) is 0 Å². The number of para-hydroxylation sites is 1. The van der Waals surface area contributed by atoms with Crippen LogP contribution >= 0.6 is 0 Å². The Labute approximate surface area is 110 Å². The van der Waals surface area contributed by atoms with Crippen LogP contribution < -0.4 is 4.74 Å². The molecule has 0 radical (unpaired) electrons. The van der Waals surface area contributed by atoms with Crippen LogP contribution in [0.25, 0.3) is 0 Å². The molecule has 1 aromatic carbocycles. The van der Waals surface area contributed by atoms with Crippen molar-refractivity contribution in [2.75, 3.05) is 0 Å². The highest BCUT2D eigenvalue weighted by atomic mass is 19.4. The summed E-state index contributed by atoms with van der Waals surface area (Å²) in [5, 5.41) is 3.16. The zero-order chi connectivity index (χ0) is 14.9. The zero-order valence-corrected chi connectivity index (χ0v) is 10.1. The van der Waals surface area contributed by atoms with E-state index in [1.165, 1.54) is 19.2 Å². The van der Waals surface area contributed by atoms with Gasteiger partial charge in [-0.05, 0) is 12.1 Å². The molecule has 0 fully saturated rings. The molecular weight excluding hydrogens is 280 g/mol. The highest BCUT2D eigenvalue weighted by Gasteiger charge is 2.39. The molecule has 4 nitrogen and oxygen atoms in total. The lowest BCUT2D eigenvalue weighted by molar-refractivity contribution is -0.141. The maximum Gasteiger partial charge on any atom is 0.436 e. The molecule has 0 saturated heterocycles. The molecule has 8 heteroatoms. The van der Waals surface area contributed by atoms with E-state index >= 15 is 0 Å². The molecular formula is C12H8F4N2O2. The van der Waals surface area contributed by atoms with Crippen molar-refractivity contribution in [2.45, 2.75) is 6.18 Å². The van der Waals surface area contributed by atoms with E-state index in [0.29, 0.717) is 0 Å². The second-order valence-electron chi connectivity index (χ2n) is 3.88. The SMILES string of the molecule is Cn1cc(C(=O)Oc2ccccc2F)c(C(F)(F)F)n1. The number of esters is 1. The lowest BCUT2D eigenvalue weighted by atomic mass is 10.2. The number of hydrogen-bond donors (Lipinski definition) is 0. The molecule has 0 aliphatic carbocycles. The lowest BCUT2D eigenvalue weighted by Gasteiger charge is -2.07. The molecule has 0 saturated carbocycles. The van der Waals surface area contributed by atoms with E-state index in [1.54, 1.807) is 0 Å². The largest absolute Gasteiger partial charge is 0.436 e. The topological polar surface area (TPSA) is 44.1 Å². The number of aryl methyl sites for hydroxylation is 1. The van der Waals surface area contributed by atoms with Crippen molar-refractivity contribution in [2.24, 2.45) is 7.05 Å². The van der Waals surface area contributed by atoms with Crippen LogP contribution in [0.1, 0.15) is 16.1 Å². The summed E-state index contributed by atoms with van der Waals surface area (Å²) in [6.45, 7) is 0. The van der Waals surface area contributed by atoms with Gasteiger partial charge in [-0.3, -0.25) is 4.68 Å². The standard InChI is InChI=1S/C12H8F4N2O2/c1-18-6-7(10(17-18)12(14,15)16)11(19)20-9-5-3-2-4-8(9)13/h2-6H,1H3. The van der Waals surface area contributed by atoms with Gasteiger partial charge >= 0.3 is 12.1 Å². The molecule has 106 valence electrons. The average molecular weight is 288 g/mol. The summed E-state index contributed by atoms with van der Waals surface area (Å²) in [6.07, 6.45) is -3.93. The average Bonchev–Trinajstić information content (AvgIpc) is 2.74. The van der Waals surface area contributed by atoms with Crippen molar-refractivity contribution in [3.63, 3.8) is 0 Å². The highest BCUT2D eigenvalue weighted by molar-refractivity contribution is 5.92. The summed E-state index contributed by atoms with van der Waals surface area (Å²) in [7, 11) is 1.23. The van der Waals surface area contributed by atoms with Crippen LogP contribution in [0.3, 0.4) is 0 Å². The first-order chi connectivity index (χ1) is 9.29. The number of ether oxygens (including phenoxy) is 1. The van der Waals surface area contributed by atoms with Gasteiger partial charge in [0.1, 0.15) is 5.56 Å². The number of halogens is 4. The van der Waals surface area contributed by atoms with Gasteiger partial charge in [0.05, 0.1) is 0 Å². The van der Waals surface area contributed by atoms with Gasteiger partial charge in [-0.25, -0.2) is 9.18 Å². The Morgan fingerprint density at radius 1 is 1.30 bits per heavy atom. The minimum Gasteiger partial charge on any atom is -0.420 e. The number of hydrogen-bond acceptors (Lipinski definition) is 3. The van der Waals surface area contributed by atoms with E-state index in [9.17, 15) is 22.4 Å². The molecule has 0 aliphatic heterocycles. The van der Waals surface area contributed by atoms with Gasteiger partial charge in [0.2, 0.25) is 0 Å². The predicted molar refractivity (Wildman–Crippen MR) is 59.6 cm³/mol. The van der Waals surface area contributed by atoms with Crippen LogP contribution in [0.2, 0.25) is 0 Å². The van der Waals surface area contributed by atoms with E-state index in [0.717, 1.165) is 23.0 Å². The summed E-state index contributed by atoms with van der Waals surface area (Å²) >= 11 is 0. The fourth-order valence-corrected chi connectivity index (χ4v) is 1.53. The molecule has 0 unspecified atom stereocenters. The van der Waals surface area contributed by atoms with Crippen molar-refractivity contribution < 1.29 is 27.1 Å². The summed E-state index contributed by atoms with van der Waals surface area (Å²) in [5.74, 6) is -2.62. The molecule has 0 aliphatic rings. The Morgan fingerprint density at radius 2 is 1.95 bits per heavy atom. The Balaban J connectivity index is 2.33. The fourth-order valence-electron chi connectivity index (χ4n) is 1.53. The van der Waals surface area contributed by atoms with Crippen LogP contribution in [0, 0.1) is 5.82 Å². The van der Waals surface area contributed by atoms with Crippen LogP contribution in [-0.4, -0.2) is 15.7 Å². The monoisotopic (exact) mass is 288 g/mol. The molecule has 0 atom stereocenters. The van der Waals surface area contributed by atoms with Crippen LogP contribution in [0.4, 0.5) is 17.6 Å². The molecule has 1 aromatic heterocycles. The first kappa shape index (κ1) is 14.0. The Morgan fingerprint density at radius 3 is 2.55 bits per heavy atom. The number of carbonyl (C=O) groups is 1. The lowest BCUT2D eigenvalue weighted by Crippen LogP contribution is -2.16. The van der Waals surface area contributed by atoms with Crippen molar-refractivity contribution in [3.05, 3.63) is 47.5 Å². The van der Waals surface area contributed by atoms with Gasteiger partial charge in [-0.1, -0.05) is 12.1 Å². The number of rotatable bonds is 2. The van der Waals surface area contributed by atoms with Gasteiger partial charge in [0.15, 0.2) is 17.3 Å². The molecule has 0 N–H and O–H groups in total. The molecule has 2 rings (SSSR count). The molecule has 20 heavy (non-hydrogen) atoms. The summed E-state index contributed by atoms with van der Waals surface area (Å²) in [4.78, 5) is 11.7. The van der Waals surface area contributed by atoms with Crippen molar-refractivity contribution in [3.8, 4) is 5.75 Å². The molecule has 0 amide bonds. The third-order valence-corrected chi connectivity index (χ3v) is 2.36. The fraction of sp³-hybridized carbons (Fsp3) is 0.167. The second-order valence-corrected chi connectivity index (χ2v) is 3.88. The third-order valence-electron chi connectivity index (χ3n) is 2.36. The Bertz CT molecular complexity index is 649. The second kappa shape index (κ2) is 4.95. The summed E-state index contributed by atoms with van der Waals surface area (Å²) < 4.78 is 56.8. The van der Waals surface area contributed by atoms with Crippen LogP contribution in [-0.2, 0) is 13.2 Å². The number of carbonyl (C=O) groups excluding carboxylic acids is 1. The number of nitrogens with zero attached hydrogens (tertiary/aromatic N) is 2. The molecule has 0 bridgehead atoms. The minimum atomic E-state index is -4.80. The number of benzene rings is 1. The van der Waals surface area contributed by atoms with Crippen LogP contribution in [0.5, 0.6) is 5.75 Å². The van der Waals surface area contributed by atoms with E-state index in [-0.39, 0.29) is 0 Å². The molecule has 0 spiro atoms. The first-order valence-electron chi connectivity index (χ1n) is 5.36. The Kier molecular flexibility index (Phi) is 3.47. The Hall–Kier alpha value is -2.38.